The van der Waals surface area contributed by atoms with Crippen molar-refractivity contribution in [2.24, 2.45) is 0 Å². The Morgan fingerprint density at radius 2 is 1.75 bits per heavy atom. The summed E-state index contributed by atoms with van der Waals surface area (Å²) < 4.78 is 27.0. The normalized spacial score (nSPS) is 14.2. The van der Waals surface area contributed by atoms with Gasteiger partial charge in [0.2, 0.25) is 0 Å². The van der Waals surface area contributed by atoms with Gasteiger partial charge in [0.25, 0.3) is 15.9 Å². The van der Waals surface area contributed by atoms with Crippen molar-refractivity contribution in [3.05, 3.63) is 71.8 Å². The molecule has 1 amide bonds. The van der Waals surface area contributed by atoms with E-state index in [0.29, 0.717) is 17.8 Å². The summed E-state index contributed by atoms with van der Waals surface area (Å²) in [5, 5.41) is 2.93. The SMILES string of the molecule is CN(c1ccccc1C(=O)NCCC1=CCCCC1)S(=O)(=O)c1ccccc1. The van der Waals surface area contributed by atoms with E-state index < -0.39 is 10.0 Å². The van der Waals surface area contributed by atoms with Crippen LogP contribution in [0.2, 0.25) is 0 Å². The number of nitrogens with zero attached hydrogens (tertiary/aromatic N) is 1. The summed E-state index contributed by atoms with van der Waals surface area (Å²) in [6, 6.07) is 15.0. The molecule has 148 valence electrons. The van der Waals surface area contributed by atoms with Crippen molar-refractivity contribution in [2.75, 3.05) is 17.9 Å². The molecule has 1 aliphatic carbocycles. The zero-order chi connectivity index (χ0) is 20.0. The number of anilines is 1. The topological polar surface area (TPSA) is 66.5 Å². The molecule has 0 aromatic heterocycles. The van der Waals surface area contributed by atoms with Crippen LogP contribution in [0.15, 0.2) is 71.1 Å². The number of amides is 1. The van der Waals surface area contributed by atoms with Crippen LogP contribution in [0.25, 0.3) is 0 Å². The van der Waals surface area contributed by atoms with Gasteiger partial charge in [-0.15, -0.1) is 0 Å². The van der Waals surface area contributed by atoms with Crippen molar-refractivity contribution in [3.63, 3.8) is 0 Å². The van der Waals surface area contributed by atoms with Crippen molar-refractivity contribution in [3.8, 4) is 0 Å². The van der Waals surface area contributed by atoms with Crippen LogP contribution in [0, 0.1) is 0 Å². The fraction of sp³-hybridized carbons (Fsp3) is 0.318. The molecule has 0 radical (unpaired) electrons. The van der Waals surface area contributed by atoms with Crippen LogP contribution in [0.1, 0.15) is 42.5 Å². The van der Waals surface area contributed by atoms with Gasteiger partial charge < -0.3 is 5.32 Å². The van der Waals surface area contributed by atoms with E-state index in [1.54, 1.807) is 54.6 Å². The first kappa shape index (κ1) is 20.1. The molecule has 28 heavy (non-hydrogen) atoms. The van der Waals surface area contributed by atoms with Gasteiger partial charge in [0.15, 0.2) is 0 Å². The zero-order valence-corrected chi connectivity index (χ0v) is 16.9. The molecule has 0 unspecified atom stereocenters. The molecule has 2 aromatic carbocycles. The van der Waals surface area contributed by atoms with Gasteiger partial charge in [0.05, 0.1) is 16.1 Å². The van der Waals surface area contributed by atoms with E-state index in [2.05, 4.69) is 11.4 Å². The van der Waals surface area contributed by atoms with Crippen molar-refractivity contribution in [2.45, 2.75) is 37.0 Å². The number of para-hydroxylation sites is 1. The molecule has 0 atom stereocenters. The number of rotatable bonds is 7. The van der Waals surface area contributed by atoms with Crippen LogP contribution in [0.5, 0.6) is 0 Å². The van der Waals surface area contributed by atoms with Crippen LogP contribution in [0.3, 0.4) is 0 Å². The summed E-state index contributed by atoms with van der Waals surface area (Å²) in [7, 11) is -2.27. The largest absolute Gasteiger partial charge is 0.352 e. The summed E-state index contributed by atoms with van der Waals surface area (Å²) in [5.74, 6) is -0.262. The van der Waals surface area contributed by atoms with Crippen LogP contribution in [-0.2, 0) is 10.0 Å². The summed E-state index contributed by atoms with van der Waals surface area (Å²) in [4.78, 5) is 12.9. The molecule has 0 saturated heterocycles. The fourth-order valence-electron chi connectivity index (χ4n) is 3.38. The molecule has 3 rings (SSSR count). The number of sulfonamides is 1. The lowest BCUT2D eigenvalue weighted by Gasteiger charge is -2.22. The Balaban J connectivity index is 1.75. The van der Waals surface area contributed by atoms with Gasteiger partial charge in [-0.1, -0.05) is 42.0 Å². The van der Waals surface area contributed by atoms with Crippen molar-refractivity contribution in [1.82, 2.24) is 5.32 Å². The minimum atomic E-state index is -3.74. The maximum Gasteiger partial charge on any atom is 0.264 e. The quantitative estimate of drug-likeness (QED) is 0.713. The third-order valence-corrected chi connectivity index (χ3v) is 6.79. The number of benzene rings is 2. The summed E-state index contributed by atoms with van der Waals surface area (Å²) >= 11 is 0. The molecule has 0 bridgehead atoms. The van der Waals surface area contributed by atoms with E-state index >= 15 is 0 Å². The number of hydrogen-bond donors (Lipinski definition) is 1. The van der Waals surface area contributed by atoms with Crippen molar-refractivity contribution >= 4 is 21.6 Å². The van der Waals surface area contributed by atoms with Gasteiger partial charge >= 0.3 is 0 Å². The van der Waals surface area contributed by atoms with E-state index in [9.17, 15) is 13.2 Å². The Hall–Kier alpha value is -2.60. The van der Waals surface area contributed by atoms with Crippen LogP contribution in [-0.4, -0.2) is 27.9 Å². The molecule has 1 aliphatic rings. The smallest absolute Gasteiger partial charge is 0.264 e. The average Bonchev–Trinajstić information content (AvgIpc) is 2.74. The lowest BCUT2D eigenvalue weighted by molar-refractivity contribution is 0.0954. The first-order chi connectivity index (χ1) is 13.5. The van der Waals surface area contributed by atoms with Gasteiger partial charge in [0.1, 0.15) is 0 Å². The third kappa shape index (κ3) is 4.62. The Kier molecular flexibility index (Phi) is 6.52. The first-order valence-electron chi connectivity index (χ1n) is 9.59. The van der Waals surface area contributed by atoms with E-state index in [1.165, 1.54) is 29.8 Å². The third-order valence-electron chi connectivity index (χ3n) is 5.01. The molecule has 5 nitrogen and oxygen atoms in total. The van der Waals surface area contributed by atoms with Crippen molar-refractivity contribution in [1.29, 1.82) is 0 Å². The lowest BCUT2D eigenvalue weighted by Crippen LogP contribution is -2.31. The maximum absolute atomic E-state index is 12.9. The van der Waals surface area contributed by atoms with Crippen LogP contribution in [0.4, 0.5) is 5.69 Å². The maximum atomic E-state index is 12.9. The van der Waals surface area contributed by atoms with Crippen molar-refractivity contribution < 1.29 is 13.2 Å². The molecule has 2 aromatic rings. The predicted octanol–water partition coefficient (Wildman–Crippen LogP) is 4.13. The summed E-state index contributed by atoms with van der Waals surface area (Å²) in [6.45, 7) is 0.550. The number of allylic oxidation sites excluding steroid dienone is 1. The van der Waals surface area contributed by atoms with E-state index in [1.807, 2.05) is 0 Å². The number of carbonyl (C=O) groups excluding carboxylic acids is 1. The van der Waals surface area contributed by atoms with Gasteiger partial charge in [-0.2, -0.15) is 0 Å². The highest BCUT2D eigenvalue weighted by Gasteiger charge is 2.24. The van der Waals surface area contributed by atoms with E-state index in [-0.39, 0.29) is 10.8 Å². The second-order valence-electron chi connectivity index (χ2n) is 6.92. The molecular formula is C22H26N2O3S. The molecule has 0 aliphatic heterocycles. The Morgan fingerprint density at radius 3 is 2.46 bits per heavy atom. The van der Waals surface area contributed by atoms with Crippen LogP contribution < -0.4 is 9.62 Å². The van der Waals surface area contributed by atoms with Gasteiger partial charge in [-0.3, -0.25) is 9.10 Å². The molecule has 6 heteroatoms. The highest BCUT2D eigenvalue weighted by molar-refractivity contribution is 7.92. The standard InChI is InChI=1S/C22H26N2O3S/c1-24(28(26,27)19-12-6-3-7-13-19)21-15-9-8-14-20(21)22(25)23-17-16-18-10-4-2-5-11-18/h3,6-10,12-15H,2,4-5,11,16-17H2,1H3,(H,23,25). The molecule has 0 fully saturated rings. The van der Waals surface area contributed by atoms with E-state index in [4.69, 9.17) is 0 Å². The number of hydrogen-bond acceptors (Lipinski definition) is 3. The lowest BCUT2D eigenvalue weighted by atomic mass is 9.97. The molecule has 0 saturated carbocycles. The number of carbonyl (C=O) groups is 1. The van der Waals surface area contributed by atoms with Gasteiger partial charge in [-0.05, 0) is 56.4 Å². The first-order valence-corrected chi connectivity index (χ1v) is 11.0. The summed E-state index contributed by atoms with van der Waals surface area (Å²) in [5.41, 5.74) is 2.10. The van der Waals surface area contributed by atoms with E-state index in [0.717, 1.165) is 19.3 Å². The second-order valence-corrected chi connectivity index (χ2v) is 8.89. The molecule has 0 heterocycles. The Morgan fingerprint density at radius 1 is 1.04 bits per heavy atom. The predicted molar refractivity (Wildman–Crippen MR) is 112 cm³/mol. The van der Waals surface area contributed by atoms with Gasteiger partial charge in [-0.25, -0.2) is 8.42 Å². The Bertz CT molecular complexity index is 953. The molecule has 1 N–H and O–H groups in total. The molecular weight excluding hydrogens is 372 g/mol. The molecule has 0 spiro atoms. The Labute approximate surface area is 167 Å². The number of nitrogens with one attached hydrogen (secondary N) is 1. The monoisotopic (exact) mass is 398 g/mol. The minimum absolute atomic E-state index is 0.192. The zero-order valence-electron chi connectivity index (χ0n) is 16.1. The fourth-order valence-corrected chi connectivity index (χ4v) is 4.62. The summed E-state index contributed by atoms with van der Waals surface area (Å²) in [6.07, 6.45) is 7.78. The second kappa shape index (κ2) is 9.06. The highest BCUT2D eigenvalue weighted by Crippen LogP contribution is 2.26. The van der Waals surface area contributed by atoms with Crippen LogP contribution >= 0.6 is 0 Å². The minimum Gasteiger partial charge on any atom is -0.352 e. The highest BCUT2D eigenvalue weighted by atomic mass is 32.2. The van der Waals surface area contributed by atoms with Gasteiger partial charge in [0, 0.05) is 13.6 Å². The average molecular weight is 399 g/mol.